The zero-order valence-electron chi connectivity index (χ0n) is 9.50. The molecule has 15 heavy (non-hydrogen) atoms. The molecule has 0 radical (unpaired) electrons. The summed E-state index contributed by atoms with van der Waals surface area (Å²) in [6, 6.07) is 2.33. The van der Waals surface area contributed by atoms with Crippen molar-refractivity contribution in [1.82, 2.24) is 10.2 Å². The Labute approximate surface area is 90.2 Å². The standard InChI is InChI=1S/C11H17N3O/c1-10(2,3)14-6-8(13-9(14)15)11(7-12)4-5-11/h8H,4-6H2,1-3H3,(H,13,15). The van der Waals surface area contributed by atoms with E-state index in [9.17, 15) is 4.79 Å². The van der Waals surface area contributed by atoms with Gasteiger partial charge in [0.2, 0.25) is 0 Å². The predicted molar refractivity (Wildman–Crippen MR) is 56.1 cm³/mol. The molecule has 1 N–H and O–H groups in total. The van der Waals surface area contributed by atoms with Gasteiger partial charge in [-0.3, -0.25) is 0 Å². The molecule has 1 saturated carbocycles. The summed E-state index contributed by atoms with van der Waals surface area (Å²) >= 11 is 0. The van der Waals surface area contributed by atoms with Crippen molar-refractivity contribution in [2.45, 2.75) is 45.2 Å². The summed E-state index contributed by atoms with van der Waals surface area (Å²) in [7, 11) is 0. The molecule has 82 valence electrons. The van der Waals surface area contributed by atoms with Crippen molar-refractivity contribution < 1.29 is 4.79 Å². The number of carbonyl (C=O) groups is 1. The number of hydrogen-bond donors (Lipinski definition) is 1. The molecule has 1 atom stereocenters. The highest BCUT2D eigenvalue weighted by atomic mass is 16.2. The fourth-order valence-electron chi connectivity index (χ4n) is 2.10. The first kappa shape index (κ1) is 10.3. The summed E-state index contributed by atoms with van der Waals surface area (Å²) in [4.78, 5) is 13.5. The molecule has 2 aliphatic rings. The average Bonchev–Trinajstić information content (AvgIpc) is 2.82. The van der Waals surface area contributed by atoms with E-state index in [0.717, 1.165) is 12.8 Å². The molecular weight excluding hydrogens is 190 g/mol. The summed E-state index contributed by atoms with van der Waals surface area (Å²) in [6.07, 6.45) is 1.85. The van der Waals surface area contributed by atoms with Gasteiger partial charge in [0.05, 0.1) is 17.5 Å². The number of hydrogen-bond acceptors (Lipinski definition) is 2. The lowest BCUT2D eigenvalue weighted by Crippen LogP contribution is -2.43. The average molecular weight is 207 g/mol. The van der Waals surface area contributed by atoms with Gasteiger partial charge in [-0.2, -0.15) is 5.26 Å². The van der Waals surface area contributed by atoms with E-state index >= 15 is 0 Å². The Morgan fingerprint density at radius 3 is 2.47 bits per heavy atom. The first-order valence-corrected chi connectivity index (χ1v) is 5.38. The highest BCUT2D eigenvalue weighted by molar-refractivity contribution is 5.78. The maximum Gasteiger partial charge on any atom is 0.318 e. The fraction of sp³-hybridized carbons (Fsp3) is 0.818. The second-order valence-electron chi connectivity index (χ2n) is 5.55. The predicted octanol–water partition coefficient (Wildman–Crippen LogP) is 1.48. The molecule has 0 aromatic carbocycles. The van der Waals surface area contributed by atoms with Crippen LogP contribution in [0.1, 0.15) is 33.6 Å². The first-order chi connectivity index (χ1) is 6.89. The van der Waals surface area contributed by atoms with Crippen LogP contribution in [0.4, 0.5) is 4.79 Å². The van der Waals surface area contributed by atoms with Crippen LogP contribution >= 0.6 is 0 Å². The second kappa shape index (κ2) is 2.88. The van der Waals surface area contributed by atoms with Gasteiger partial charge in [0.1, 0.15) is 0 Å². The van der Waals surface area contributed by atoms with E-state index in [1.165, 1.54) is 0 Å². The molecule has 2 amide bonds. The van der Waals surface area contributed by atoms with E-state index in [-0.39, 0.29) is 23.0 Å². The van der Waals surface area contributed by atoms with Crippen LogP contribution in [0.15, 0.2) is 0 Å². The molecule has 4 heteroatoms. The number of nitrogens with zero attached hydrogens (tertiary/aromatic N) is 2. The highest BCUT2D eigenvalue weighted by Crippen LogP contribution is 2.49. The van der Waals surface area contributed by atoms with E-state index in [1.807, 2.05) is 25.7 Å². The lowest BCUT2D eigenvalue weighted by Gasteiger charge is -2.30. The minimum Gasteiger partial charge on any atom is -0.332 e. The Kier molecular flexibility index (Phi) is 1.97. The molecular formula is C11H17N3O. The monoisotopic (exact) mass is 207 g/mol. The van der Waals surface area contributed by atoms with Gasteiger partial charge in [-0.15, -0.1) is 0 Å². The van der Waals surface area contributed by atoms with Crippen molar-refractivity contribution in [2.75, 3.05) is 6.54 Å². The van der Waals surface area contributed by atoms with Crippen molar-refractivity contribution in [2.24, 2.45) is 5.41 Å². The van der Waals surface area contributed by atoms with Gasteiger partial charge in [-0.1, -0.05) is 0 Å². The summed E-state index contributed by atoms with van der Waals surface area (Å²) < 4.78 is 0. The smallest absolute Gasteiger partial charge is 0.318 e. The molecule has 0 aromatic rings. The number of nitrogens with one attached hydrogen (secondary N) is 1. The summed E-state index contributed by atoms with van der Waals surface area (Å²) in [5.41, 5.74) is -0.431. The lowest BCUT2D eigenvalue weighted by molar-refractivity contribution is 0.168. The quantitative estimate of drug-likeness (QED) is 0.708. The fourth-order valence-corrected chi connectivity index (χ4v) is 2.10. The van der Waals surface area contributed by atoms with Crippen LogP contribution in [0.2, 0.25) is 0 Å². The number of urea groups is 1. The lowest BCUT2D eigenvalue weighted by atomic mass is 9.98. The molecule has 0 bridgehead atoms. The van der Waals surface area contributed by atoms with Gasteiger partial charge in [0, 0.05) is 12.1 Å². The van der Waals surface area contributed by atoms with Gasteiger partial charge < -0.3 is 10.2 Å². The van der Waals surface area contributed by atoms with Crippen molar-refractivity contribution >= 4 is 6.03 Å². The van der Waals surface area contributed by atoms with Gasteiger partial charge in [-0.25, -0.2) is 4.79 Å². The second-order valence-corrected chi connectivity index (χ2v) is 5.55. The molecule has 1 unspecified atom stereocenters. The molecule has 1 aliphatic heterocycles. The number of amides is 2. The van der Waals surface area contributed by atoms with Crippen molar-refractivity contribution in [1.29, 1.82) is 5.26 Å². The van der Waals surface area contributed by atoms with Crippen LogP contribution in [-0.2, 0) is 0 Å². The van der Waals surface area contributed by atoms with E-state index in [1.54, 1.807) is 0 Å². The number of carbonyl (C=O) groups excluding carboxylic acids is 1. The molecule has 2 fully saturated rings. The molecule has 1 aliphatic carbocycles. The van der Waals surface area contributed by atoms with Crippen LogP contribution in [0, 0.1) is 16.7 Å². The Morgan fingerprint density at radius 1 is 1.53 bits per heavy atom. The number of nitriles is 1. The Morgan fingerprint density at radius 2 is 2.13 bits per heavy atom. The van der Waals surface area contributed by atoms with Crippen LogP contribution < -0.4 is 5.32 Å². The first-order valence-electron chi connectivity index (χ1n) is 5.38. The van der Waals surface area contributed by atoms with Gasteiger partial charge in [0.25, 0.3) is 0 Å². The topological polar surface area (TPSA) is 56.1 Å². The Balaban J connectivity index is 2.12. The van der Waals surface area contributed by atoms with Gasteiger partial charge in [-0.05, 0) is 33.6 Å². The maximum absolute atomic E-state index is 11.7. The molecule has 2 rings (SSSR count). The van der Waals surface area contributed by atoms with E-state index in [4.69, 9.17) is 5.26 Å². The van der Waals surface area contributed by atoms with Crippen molar-refractivity contribution in [3.8, 4) is 6.07 Å². The molecule has 0 aromatic heterocycles. The van der Waals surface area contributed by atoms with E-state index in [2.05, 4.69) is 11.4 Å². The maximum atomic E-state index is 11.7. The highest BCUT2D eigenvalue weighted by Gasteiger charge is 2.55. The van der Waals surface area contributed by atoms with Crippen LogP contribution in [0.5, 0.6) is 0 Å². The summed E-state index contributed by atoms with van der Waals surface area (Å²) in [5.74, 6) is 0. The van der Waals surface area contributed by atoms with Crippen molar-refractivity contribution in [3.05, 3.63) is 0 Å². The third-order valence-electron chi connectivity index (χ3n) is 3.40. The minimum absolute atomic E-state index is 0.0224. The zero-order chi connectivity index (χ0) is 11.3. The SMILES string of the molecule is CC(C)(C)N1CC(C2(C#N)CC2)NC1=O. The zero-order valence-corrected chi connectivity index (χ0v) is 9.50. The van der Waals surface area contributed by atoms with Crippen LogP contribution in [0.25, 0.3) is 0 Å². The molecule has 1 heterocycles. The van der Waals surface area contributed by atoms with Gasteiger partial charge >= 0.3 is 6.03 Å². The normalized spacial score (nSPS) is 28.5. The number of rotatable bonds is 1. The largest absolute Gasteiger partial charge is 0.332 e. The summed E-state index contributed by atoms with van der Waals surface area (Å²) in [5, 5.41) is 12.0. The Hall–Kier alpha value is -1.24. The minimum atomic E-state index is -0.268. The van der Waals surface area contributed by atoms with Crippen LogP contribution in [0.3, 0.4) is 0 Å². The Bertz CT molecular complexity index is 333. The molecule has 1 saturated heterocycles. The molecule has 0 spiro atoms. The van der Waals surface area contributed by atoms with Crippen LogP contribution in [-0.4, -0.2) is 29.1 Å². The molecule has 4 nitrogen and oxygen atoms in total. The van der Waals surface area contributed by atoms with E-state index < -0.39 is 0 Å². The summed E-state index contributed by atoms with van der Waals surface area (Å²) in [6.45, 7) is 6.71. The van der Waals surface area contributed by atoms with Gasteiger partial charge in [0.15, 0.2) is 0 Å². The third-order valence-corrected chi connectivity index (χ3v) is 3.40. The van der Waals surface area contributed by atoms with Crippen molar-refractivity contribution in [3.63, 3.8) is 0 Å². The third kappa shape index (κ3) is 1.56. The van der Waals surface area contributed by atoms with E-state index in [0.29, 0.717) is 6.54 Å².